The minimum Gasteiger partial charge on any atom is -0.378 e. The summed E-state index contributed by atoms with van der Waals surface area (Å²) in [5.74, 6) is 1.54. The van der Waals surface area contributed by atoms with Gasteiger partial charge in [0.1, 0.15) is 17.4 Å². The lowest BCUT2D eigenvalue weighted by Crippen LogP contribution is -2.50. The number of fused-ring (bicyclic) bond motifs is 2. The smallest absolute Gasteiger partial charge is 0.270 e. The molecule has 1 saturated carbocycles. The highest BCUT2D eigenvalue weighted by atomic mass is 16.5. The molecule has 0 spiro atoms. The lowest BCUT2D eigenvalue weighted by molar-refractivity contribution is -0.126. The Kier molecular flexibility index (Phi) is 8.49. The first-order chi connectivity index (χ1) is 19.4. The van der Waals surface area contributed by atoms with Gasteiger partial charge in [0, 0.05) is 57.1 Å². The van der Waals surface area contributed by atoms with Crippen molar-refractivity contribution in [3.8, 4) is 0 Å². The number of hydrogen-bond donors (Lipinski definition) is 2. The largest absolute Gasteiger partial charge is 0.378 e. The topological polar surface area (TPSA) is 102 Å². The van der Waals surface area contributed by atoms with E-state index in [-0.39, 0.29) is 23.9 Å². The normalized spacial score (nSPS) is 25.0. The number of pyridine rings is 1. The summed E-state index contributed by atoms with van der Waals surface area (Å²) in [6.45, 7) is 8.40. The molecule has 1 aliphatic carbocycles. The molecule has 10 heteroatoms. The van der Waals surface area contributed by atoms with Crippen molar-refractivity contribution in [2.75, 3.05) is 45.7 Å². The zero-order chi connectivity index (χ0) is 28.2. The summed E-state index contributed by atoms with van der Waals surface area (Å²) in [7, 11) is 3.53. The van der Waals surface area contributed by atoms with E-state index in [9.17, 15) is 9.59 Å². The first kappa shape index (κ1) is 27.8. The van der Waals surface area contributed by atoms with E-state index >= 15 is 0 Å². The molecule has 1 aromatic rings. The van der Waals surface area contributed by atoms with E-state index < -0.39 is 0 Å². The van der Waals surface area contributed by atoms with Gasteiger partial charge in [-0.15, -0.1) is 0 Å². The van der Waals surface area contributed by atoms with Crippen molar-refractivity contribution in [3.05, 3.63) is 65.4 Å². The molecule has 3 aliphatic heterocycles. The van der Waals surface area contributed by atoms with Crippen LogP contribution in [-0.4, -0.2) is 95.9 Å². The third-order valence-corrected chi connectivity index (χ3v) is 7.89. The number of rotatable bonds is 6. The highest BCUT2D eigenvalue weighted by molar-refractivity contribution is 6.12. The number of amides is 2. The molecule has 2 saturated heterocycles. The number of morpholine rings is 1. The molecule has 2 unspecified atom stereocenters. The van der Waals surface area contributed by atoms with Crippen molar-refractivity contribution in [3.63, 3.8) is 0 Å². The zero-order valence-corrected chi connectivity index (χ0v) is 23.7. The number of nitrogens with one attached hydrogen (secondary N) is 2. The molecule has 5 rings (SSSR count). The number of aliphatic imine (C=N–C) groups is 1. The summed E-state index contributed by atoms with van der Waals surface area (Å²) in [4.78, 5) is 41.2. The van der Waals surface area contributed by atoms with Crippen LogP contribution in [0.15, 0.2) is 64.9 Å². The summed E-state index contributed by atoms with van der Waals surface area (Å²) < 4.78 is 5.66. The van der Waals surface area contributed by atoms with Crippen molar-refractivity contribution >= 4 is 23.5 Å². The number of likely N-dealkylation sites (N-methyl/N-ethyl adjacent to an activating group) is 1. The first-order valence-corrected chi connectivity index (χ1v) is 14.1. The second-order valence-electron chi connectivity index (χ2n) is 10.9. The SMILES string of the molecule is C=C=C(/N=C1\C(=C/C)C=C(C(=O)N(C)C)N1C1CCCC1)Nc1ccc(C(=O)N2CCC3COCC(C2)N3)cn1. The number of carbonyl (C=O) groups excluding carboxylic acids is 2. The monoisotopic (exact) mass is 545 g/mol. The van der Waals surface area contributed by atoms with Crippen LogP contribution >= 0.6 is 0 Å². The molecular weight excluding hydrogens is 506 g/mol. The molecule has 4 heterocycles. The van der Waals surface area contributed by atoms with E-state index in [1.54, 1.807) is 37.3 Å². The summed E-state index contributed by atoms with van der Waals surface area (Å²) in [6, 6.07) is 4.21. The number of hydrogen-bond acceptors (Lipinski definition) is 7. The zero-order valence-electron chi connectivity index (χ0n) is 23.7. The summed E-state index contributed by atoms with van der Waals surface area (Å²) in [5, 5.41) is 6.74. The molecule has 2 N–H and O–H groups in total. The minimum absolute atomic E-state index is 0.0341. The van der Waals surface area contributed by atoms with Crippen LogP contribution in [0.25, 0.3) is 0 Å². The van der Waals surface area contributed by atoms with Crippen LogP contribution in [0.4, 0.5) is 5.82 Å². The standard InChI is InChI=1S/C30H39N7O3/c1-5-20-15-25(30(39)35(3)4)37(24-9-7-8-10-24)28(20)34-26(6-2)33-27-12-11-21(16-31-27)29(38)36-14-13-22-18-40-19-23(17-36)32-22/h5,11-12,15-16,22-24,32H,2,7-10,13-14,17-19H2,1,3-4H3,(H,31,33)/b20-5-,34-28+. The summed E-state index contributed by atoms with van der Waals surface area (Å²) >= 11 is 0. The van der Waals surface area contributed by atoms with Gasteiger partial charge in [-0.2, -0.15) is 0 Å². The average molecular weight is 546 g/mol. The van der Waals surface area contributed by atoms with Crippen LogP contribution in [0.3, 0.4) is 0 Å². The minimum atomic E-state index is -0.0494. The Morgan fingerprint density at radius 2 is 2.00 bits per heavy atom. The predicted octanol–water partition coefficient (Wildman–Crippen LogP) is 2.90. The van der Waals surface area contributed by atoms with Crippen molar-refractivity contribution in [2.24, 2.45) is 4.99 Å². The van der Waals surface area contributed by atoms with Crippen LogP contribution in [-0.2, 0) is 9.53 Å². The van der Waals surface area contributed by atoms with Crippen LogP contribution in [0.5, 0.6) is 0 Å². The third-order valence-electron chi connectivity index (χ3n) is 7.89. The van der Waals surface area contributed by atoms with Gasteiger partial charge < -0.3 is 30.1 Å². The third kappa shape index (κ3) is 5.89. The van der Waals surface area contributed by atoms with Gasteiger partial charge >= 0.3 is 0 Å². The Balaban J connectivity index is 1.32. The van der Waals surface area contributed by atoms with Crippen molar-refractivity contribution < 1.29 is 14.3 Å². The number of anilines is 1. The first-order valence-electron chi connectivity index (χ1n) is 14.1. The number of carbonyl (C=O) groups is 2. The van der Waals surface area contributed by atoms with Crippen LogP contribution in [0.1, 0.15) is 49.4 Å². The Hall–Kier alpha value is -3.72. The van der Waals surface area contributed by atoms with Crippen molar-refractivity contribution in [1.82, 2.24) is 25.0 Å². The number of ether oxygens (including phenoxy) is 1. The fraction of sp³-hybridized carbons (Fsp3) is 0.500. The van der Waals surface area contributed by atoms with Crippen LogP contribution in [0.2, 0.25) is 0 Å². The molecule has 2 amide bonds. The number of aromatic nitrogens is 1. The molecule has 1 aromatic heterocycles. The number of nitrogens with zero attached hydrogens (tertiary/aromatic N) is 5. The number of amidine groups is 1. The van der Waals surface area contributed by atoms with Gasteiger partial charge in [-0.25, -0.2) is 9.98 Å². The predicted molar refractivity (Wildman–Crippen MR) is 155 cm³/mol. The van der Waals surface area contributed by atoms with Gasteiger partial charge in [0.05, 0.1) is 18.8 Å². The highest BCUT2D eigenvalue weighted by Gasteiger charge is 2.37. The van der Waals surface area contributed by atoms with E-state index in [1.165, 1.54) is 0 Å². The molecule has 3 fully saturated rings. The summed E-state index contributed by atoms with van der Waals surface area (Å²) in [6.07, 6.45) is 10.6. The van der Waals surface area contributed by atoms with Crippen molar-refractivity contribution in [2.45, 2.75) is 57.2 Å². The van der Waals surface area contributed by atoms with E-state index in [1.807, 2.05) is 24.0 Å². The molecular formula is C30H39N7O3. The van der Waals surface area contributed by atoms with Crippen LogP contribution < -0.4 is 10.6 Å². The van der Waals surface area contributed by atoms with Gasteiger partial charge in [-0.3, -0.25) is 9.59 Å². The fourth-order valence-corrected chi connectivity index (χ4v) is 5.81. The van der Waals surface area contributed by atoms with Gasteiger partial charge in [0.2, 0.25) is 0 Å². The van der Waals surface area contributed by atoms with Gasteiger partial charge in [0.25, 0.3) is 11.8 Å². The lowest BCUT2D eigenvalue weighted by Gasteiger charge is -2.30. The summed E-state index contributed by atoms with van der Waals surface area (Å²) in [5.41, 5.74) is 4.92. The second kappa shape index (κ2) is 12.2. The Labute approximate surface area is 236 Å². The molecule has 10 nitrogen and oxygen atoms in total. The van der Waals surface area contributed by atoms with Gasteiger partial charge in [-0.05, 0) is 44.4 Å². The van der Waals surface area contributed by atoms with Crippen molar-refractivity contribution in [1.29, 1.82) is 0 Å². The molecule has 0 aromatic carbocycles. The van der Waals surface area contributed by atoms with E-state index in [2.05, 4.69) is 32.8 Å². The maximum atomic E-state index is 13.2. The number of allylic oxidation sites excluding steroid dienone is 1. The molecule has 2 bridgehead atoms. The van der Waals surface area contributed by atoms with E-state index in [0.717, 1.165) is 37.7 Å². The quantitative estimate of drug-likeness (QED) is 0.530. The molecule has 4 aliphatic rings. The molecule has 212 valence electrons. The lowest BCUT2D eigenvalue weighted by atomic mass is 10.2. The van der Waals surface area contributed by atoms with E-state index in [4.69, 9.17) is 9.73 Å². The maximum Gasteiger partial charge on any atom is 0.270 e. The van der Waals surface area contributed by atoms with E-state index in [0.29, 0.717) is 61.1 Å². The Morgan fingerprint density at radius 3 is 2.67 bits per heavy atom. The molecule has 2 atom stereocenters. The average Bonchev–Trinajstić information content (AvgIpc) is 3.59. The maximum absolute atomic E-state index is 13.2. The second-order valence-corrected chi connectivity index (χ2v) is 10.9. The molecule has 40 heavy (non-hydrogen) atoms. The Morgan fingerprint density at radius 1 is 1.23 bits per heavy atom. The fourth-order valence-electron chi connectivity index (χ4n) is 5.81. The van der Waals surface area contributed by atoms with Gasteiger partial charge in [0.15, 0.2) is 5.82 Å². The van der Waals surface area contributed by atoms with Crippen LogP contribution in [0, 0.1) is 0 Å². The molecule has 0 radical (unpaired) electrons. The highest BCUT2D eigenvalue weighted by Crippen LogP contribution is 2.34. The van der Waals surface area contributed by atoms with Gasteiger partial charge in [-0.1, -0.05) is 31.2 Å². The Bertz CT molecular complexity index is 1270.